The van der Waals surface area contributed by atoms with E-state index in [1.54, 1.807) is 0 Å². The second kappa shape index (κ2) is 7.23. The van der Waals surface area contributed by atoms with Gasteiger partial charge in [-0.05, 0) is 24.1 Å². The molecule has 4 nitrogen and oxygen atoms in total. The van der Waals surface area contributed by atoms with Crippen LogP contribution in [0.4, 0.5) is 5.69 Å². The third-order valence-corrected chi connectivity index (χ3v) is 7.07. The number of para-hydroxylation sites is 1. The minimum absolute atomic E-state index is 0.280. The first kappa shape index (κ1) is 18.3. The lowest BCUT2D eigenvalue weighted by Gasteiger charge is -2.33. The maximum absolute atomic E-state index is 13.9. The van der Waals surface area contributed by atoms with Crippen LogP contribution in [0.2, 0.25) is 0 Å². The topological polar surface area (TPSA) is 47.9 Å². The van der Waals surface area contributed by atoms with Crippen molar-refractivity contribution in [3.05, 3.63) is 102 Å². The number of hydrogen-bond acceptors (Lipinski definition) is 4. The summed E-state index contributed by atoms with van der Waals surface area (Å²) in [7, 11) is -3.59. The molecule has 0 bridgehead atoms. The maximum atomic E-state index is 13.9. The molecular weight excluding hydrogens is 381 g/mol. The Kier molecular flexibility index (Phi) is 4.56. The SMILES string of the molecule is CCOP1(=O)OC(c2ccccc2)C(c2ccccc2)=C2C1=Nc1ccccc12. The molecule has 0 amide bonds. The van der Waals surface area contributed by atoms with Gasteiger partial charge >= 0.3 is 7.60 Å². The number of nitrogens with zero attached hydrogens (tertiary/aromatic N) is 1. The summed E-state index contributed by atoms with van der Waals surface area (Å²) in [5, 5.41) is 0. The van der Waals surface area contributed by atoms with E-state index >= 15 is 0 Å². The Morgan fingerprint density at radius 3 is 2.31 bits per heavy atom. The Morgan fingerprint density at radius 2 is 1.59 bits per heavy atom. The van der Waals surface area contributed by atoms with Crippen molar-refractivity contribution in [2.45, 2.75) is 13.0 Å². The molecule has 0 saturated heterocycles. The van der Waals surface area contributed by atoms with Crippen LogP contribution in [-0.4, -0.2) is 12.1 Å². The molecule has 2 atom stereocenters. The summed E-state index contributed by atoms with van der Waals surface area (Å²) >= 11 is 0. The van der Waals surface area contributed by atoms with Crippen molar-refractivity contribution in [2.75, 3.05) is 6.61 Å². The fraction of sp³-hybridized carbons (Fsp3) is 0.125. The zero-order valence-electron chi connectivity index (χ0n) is 16.0. The van der Waals surface area contributed by atoms with Gasteiger partial charge in [-0.15, -0.1) is 0 Å². The smallest absolute Gasteiger partial charge is 0.304 e. The van der Waals surface area contributed by atoms with Crippen LogP contribution in [0.25, 0.3) is 11.1 Å². The standard InChI is InChI=1S/C24H20NO3P/c1-2-27-29(26)24-22(19-15-9-10-16-20(19)25-24)21(17-11-5-3-6-12-17)23(28-29)18-13-7-4-8-14-18/h3-16,23H,2H2,1H3. The summed E-state index contributed by atoms with van der Waals surface area (Å²) in [5.41, 5.74) is 5.95. The molecule has 0 N–H and O–H groups in total. The number of fused-ring (bicyclic) bond motifs is 3. The minimum atomic E-state index is -3.59. The third-order valence-electron chi connectivity index (χ3n) is 5.14. The molecule has 5 heteroatoms. The van der Waals surface area contributed by atoms with Gasteiger partial charge < -0.3 is 4.52 Å². The fourth-order valence-corrected chi connectivity index (χ4v) is 5.81. The van der Waals surface area contributed by atoms with E-state index in [0.29, 0.717) is 5.45 Å². The molecule has 2 heterocycles. The van der Waals surface area contributed by atoms with E-state index < -0.39 is 13.7 Å². The lowest BCUT2D eigenvalue weighted by Crippen LogP contribution is -2.20. The van der Waals surface area contributed by atoms with Crippen LogP contribution in [0.15, 0.2) is 89.9 Å². The van der Waals surface area contributed by atoms with Crippen LogP contribution < -0.4 is 0 Å². The van der Waals surface area contributed by atoms with Gasteiger partial charge in [-0.2, -0.15) is 0 Å². The molecular formula is C24H20NO3P. The fourth-order valence-electron chi connectivity index (χ4n) is 3.94. The Labute approximate surface area is 170 Å². The van der Waals surface area contributed by atoms with Crippen molar-refractivity contribution in [1.29, 1.82) is 0 Å². The average molecular weight is 401 g/mol. The Morgan fingerprint density at radius 1 is 0.931 bits per heavy atom. The predicted molar refractivity (Wildman–Crippen MR) is 116 cm³/mol. The highest BCUT2D eigenvalue weighted by molar-refractivity contribution is 7.74. The van der Waals surface area contributed by atoms with Crippen molar-refractivity contribution < 1.29 is 13.6 Å². The zero-order valence-corrected chi connectivity index (χ0v) is 16.9. The van der Waals surface area contributed by atoms with E-state index in [2.05, 4.69) is 12.1 Å². The molecule has 2 aliphatic heterocycles. The van der Waals surface area contributed by atoms with Crippen LogP contribution in [0, 0.1) is 0 Å². The van der Waals surface area contributed by atoms with Crippen molar-refractivity contribution in [2.24, 2.45) is 4.99 Å². The molecule has 5 rings (SSSR count). The van der Waals surface area contributed by atoms with Crippen LogP contribution in [0.3, 0.4) is 0 Å². The number of aliphatic imine (C=N–C) groups is 1. The quantitative estimate of drug-likeness (QED) is 0.460. The summed E-state index contributed by atoms with van der Waals surface area (Å²) in [6.07, 6.45) is -0.518. The van der Waals surface area contributed by atoms with Crippen LogP contribution >= 0.6 is 7.60 Å². The summed E-state index contributed by atoms with van der Waals surface area (Å²) in [5.74, 6) is 0. The molecule has 0 aliphatic carbocycles. The largest absolute Gasteiger partial charge is 0.381 e. The molecule has 0 saturated carbocycles. The molecule has 3 aromatic rings. The molecule has 2 aliphatic rings. The summed E-state index contributed by atoms with van der Waals surface area (Å²) in [6.45, 7) is 2.10. The molecule has 2 unspecified atom stereocenters. The van der Waals surface area contributed by atoms with Crippen LogP contribution in [0.5, 0.6) is 0 Å². The van der Waals surface area contributed by atoms with Crippen molar-refractivity contribution >= 4 is 29.9 Å². The monoisotopic (exact) mass is 401 g/mol. The first-order chi connectivity index (χ1) is 14.2. The van der Waals surface area contributed by atoms with Gasteiger partial charge in [-0.25, -0.2) is 4.99 Å². The van der Waals surface area contributed by atoms with Gasteiger partial charge in [0, 0.05) is 16.7 Å². The highest BCUT2D eigenvalue weighted by atomic mass is 31.2. The molecule has 0 spiro atoms. The highest BCUT2D eigenvalue weighted by Crippen LogP contribution is 2.66. The van der Waals surface area contributed by atoms with Gasteiger partial charge in [0.1, 0.15) is 6.10 Å². The van der Waals surface area contributed by atoms with Gasteiger partial charge in [0.25, 0.3) is 0 Å². The first-order valence-corrected chi connectivity index (χ1v) is 11.2. The predicted octanol–water partition coefficient (Wildman–Crippen LogP) is 6.64. The Bertz CT molecular complexity index is 1170. The second-order valence-electron chi connectivity index (χ2n) is 6.92. The molecule has 29 heavy (non-hydrogen) atoms. The first-order valence-electron chi connectivity index (χ1n) is 9.68. The average Bonchev–Trinajstić information content (AvgIpc) is 3.16. The Hall–Kier alpha value is -2.78. The highest BCUT2D eigenvalue weighted by Gasteiger charge is 2.48. The number of allylic oxidation sites excluding steroid dienone is 1. The number of hydrogen-bond donors (Lipinski definition) is 0. The van der Waals surface area contributed by atoms with Gasteiger partial charge in [0.2, 0.25) is 0 Å². The second-order valence-corrected chi connectivity index (χ2v) is 8.81. The van der Waals surface area contributed by atoms with Crippen LogP contribution in [0.1, 0.15) is 29.7 Å². The zero-order chi connectivity index (χ0) is 19.8. The lowest BCUT2D eigenvalue weighted by molar-refractivity contribution is 0.194. The van der Waals surface area contributed by atoms with E-state index in [0.717, 1.165) is 33.5 Å². The number of benzene rings is 3. The third kappa shape index (κ3) is 3.01. The van der Waals surface area contributed by atoms with E-state index in [1.807, 2.05) is 79.7 Å². The summed E-state index contributed by atoms with van der Waals surface area (Å²) in [6, 6.07) is 27.8. The van der Waals surface area contributed by atoms with Gasteiger partial charge in [0.05, 0.1) is 12.3 Å². The molecule has 0 fully saturated rings. The minimum Gasteiger partial charge on any atom is -0.304 e. The Balaban J connectivity index is 1.85. The maximum Gasteiger partial charge on any atom is 0.381 e. The van der Waals surface area contributed by atoms with Gasteiger partial charge in [0.15, 0.2) is 5.45 Å². The van der Waals surface area contributed by atoms with E-state index in [9.17, 15) is 4.57 Å². The van der Waals surface area contributed by atoms with E-state index in [-0.39, 0.29) is 6.61 Å². The molecule has 0 radical (unpaired) electrons. The van der Waals surface area contributed by atoms with Crippen molar-refractivity contribution in [3.63, 3.8) is 0 Å². The van der Waals surface area contributed by atoms with E-state index in [1.165, 1.54) is 0 Å². The molecule has 0 aromatic heterocycles. The molecule has 3 aromatic carbocycles. The van der Waals surface area contributed by atoms with Gasteiger partial charge in [-0.3, -0.25) is 9.09 Å². The van der Waals surface area contributed by atoms with Crippen LogP contribution in [-0.2, 0) is 13.6 Å². The summed E-state index contributed by atoms with van der Waals surface area (Å²) < 4.78 is 25.8. The van der Waals surface area contributed by atoms with E-state index in [4.69, 9.17) is 14.0 Å². The van der Waals surface area contributed by atoms with Gasteiger partial charge in [-0.1, -0.05) is 78.9 Å². The number of rotatable bonds is 4. The normalized spacial score (nSPS) is 22.8. The van der Waals surface area contributed by atoms with Crippen molar-refractivity contribution in [1.82, 2.24) is 0 Å². The summed E-state index contributed by atoms with van der Waals surface area (Å²) in [4.78, 5) is 4.69. The van der Waals surface area contributed by atoms with Crippen molar-refractivity contribution in [3.8, 4) is 0 Å². The lowest BCUT2D eigenvalue weighted by atomic mass is 9.88. The molecule has 144 valence electrons.